The largest absolute Gasteiger partial charge is 0.496 e. The Balaban J connectivity index is 2.18. The number of anilines is 1. The zero-order chi connectivity index (χ0) is 23.9. The number of aromatic nitrogens is 1. The van der Waals surface area contributed by atoms with E-state index in [2.05, 4.69) is 13.8 Å². The molecule has 33 heavy (non-hydrogen) atoms. The van der Waals surface area contributed by atoms with Crippen molar-refractivity contribution in [3.8, 4) is 22.6 Å². The lowest BCUT2D eigenvalue weighted by Gasteiger charge is -2.17. The topological polar surface area (TPSA) is 101 Å². The number of nitrogen functional groups attached to an aromatic ring is 1. The van der Waals surface area contributed by atoms with Gasteiger partial charge in [-0.25, -0.2) is 9.18 Å². The smallest absolute Gasteiger partial charge is 0.335 e. The van der Waals surface area contributed by atoms with E-state index in [-0.39, 0.29) is 17.3 Å². The Labute approximate surface area is 190 Å². The monoisotopic (exact) mass is 445 g/mol. The van der Waals surface area contributed by atoms with Gasteiger partial charge in [0, 0.05) is 45.4 Å². The lowest BCUT2D eigenvalue weighted by molar-refractivity contribution is 0.0696. The van der Waals surface area contributed by atoms with E-state index in [0.717, 1.165) is 33.4 Å². The van der Waals surface area contributed by atoms with Crippen LogP contribution in [-0.2, 0) is 0 Å². The highest BCUT2D eigenvalue weighted by Crippen LogP contribution is 2.45. The van der Waals surface area contributed by atoms with E-state index in [9.17, 15) is 14.3 Å². The molecule has 168 valence electrons. The summed E-state index contributed by atoms with van der Waals surface area (Å²) in [4.78, 5) is 11.5. The fraction of sp³-hybridized carbons (Fsp3) is 0.154. The maximum Gasteiger partial charge on any atom is 0.335 e. The average molecular weight is 445 g/mol. The summed E-state index contributed by atoms with van der Waals surface area (Å²) >= 11 is 0. The summed E-state index contributed by atoms with van der Waals surface area (Å²) in [6.07, 6.45) is 1.20. The van der Waals surface area contributed by atoms with Crippen LogP contribution in [0.3, 0.4) is 0 Å². The van der Waals surface area contributed by atoms with Crippen molar-refractivity contribution < 1.29 is 19.0 Å². The van der Waals surface area contributed by atoms with Crippen molar-refractivity contribution in [2.75, 3.05) is 12.8 Å². The van der Waals surface area contributed by atoms with Crippen LogP contribution in [0.2, 0.25) is 0 Å². The maximum atomic E-state index is 13.7. The van der Waals surface area contributed by atoms with Crippen molar-refractivity contribution in [3.63, 3.8) is 0 Å². The van der Waals surface area contributed by atoms with Gasteiger partial charge < -0.3 is 25.6 Å². The minimum atomic E-state index is -1.04. The second-order valence-corrected chi connectivity index (χ2v) is 8.09. The Morgan fingerprint density at radius 3 is 2.42 bits per heavy atom. The summed E-state index contributed by atoms with van der Waals surface area (Å²) < 4.78 is 21.3. The fourth-order valence-electron chi connectivity index (χ4n) is 4.24. The number of methoxy groups -OCH3 is 1. The molecule has 0 aliphatic rings. The van der Waals surface area contributed by atoms with E-state index in [4.69, 9.17) is 15.9 Å². The Bertz CT molecular complexity index is 1390. The number of rotatable bonds is 6. The predicted molar refractivity (Wildman–Crippen MR) is 129 cm³/mol. The van der Waals surface area contributed by atoms with Crippen LogP contribution in [0.25, 0.3) is 27.7 Å². The van der Waals surface area contributed by atoms with Gasteiger partial charge in [0.25, 0.3) is 0 Å². The molecule has 0 saturated heterocycles. The molecule has 1 aromatic heterocycles. The van der Waals surface area contributed by atoms with Gasteiger partial charge in [-0.1, -0.05) is 13.8 Å². The minimum Gasteiger partial charge on any atom is -0.496 e. The number of nitrogens with two attached hydrogens (primary N) is 1. The first kappa shape index (κ1) is 22.1. The van der Waals surface area contributed by atoms with Crippen molar-refractivity contribution in [2.24, 2.45) is 0 Å². The van der Waals surface area contributed by atoms with Crippen molar-refractivity contribution >= 4 is 28.8 Å². The molecule has 0 saturated carbocycles. The van der Waals surface area contributed by atoms with Crippen LogP contribution < -0.4 is 10.5 Å². The quantitative estimate of drug-likeness (QED) is 0.256. The lowest BCUT2D eigenvalue weighted by atomic mass is 9.94. The van der Waals surface area contributed by atoms with E-state index in [0.29, 0.717) is 17.0 Å². The van der Waals surface area contributed by atoms with Crippen molar-refractivity contribution in [1.29, 1.82) is 5.41 Å². The SMILES string of the molecule is COc1cc(C(=O)O)ccc1-c1c(C(C)C)n(-c2ccc(F)cc2)c2cc(C=N)c(N)cc12. The number of halogens is 1. The molecular formula is C26H24FN3O3. The number of hydrogen-bond donors (Lipinski definition) is 3. The number of benzene rings is 3. The zero-order valence-electron chi connectivity index (χ0n) is 18.5. The lowest BCUT2D eigenvalue weighted by Crippen LogP contribution is -2.04. The van der Waals surface area contributed by atoms with Crippen molar-refractivity contribution in [3.05, 3.63) is 77.2 Å². The number of ether oxygens (including phenoxy) is 1. The summed E-state index contributed by atoms with van der Waals surface area (Å²) in [6, 6.07) is 14.7. The molecule has 4 rings (SSSR count). The van der Waals surface area contributed by atoms with Gasteiger partial charge in [0.15, 0.2) is 0 Å². The molecule has 0 aliphatic heterocycles. The van der Waals surface area contributed by atoms with Gasteiger partial charge in [0.05, 0.1) is 18.2 Å². The molecule has 7 heteroatoms. The molecule has 3 aromatic carbocycles. The molecule has 0 bridgehead atoms. The maximum absolute atomic E-state index is 13.7. The Hall–Kier alpha value is -4.13. The van der Waals surface area contributed by atoms with Gasteiger partial charge in [0.1, 0.15) is 11.6 Å². The van der Waals surface area contributed by atoms with Crippen LogP contribution in [0.1, 0.15) is 41.4 Å². The predicted octanol–water partition coefficient (Wildman–Crippen LogP) is 5.85. The zero-order valence-corrected chi connectivity index (χ0v) is 18.5. The molecule has 6 nitrogen and oxygen atoms in total. The molecule has 1 heterocycles. The number of nitrogens with zero attached hydrogens (tertiary/aromatic N) is 1. The summed E-state index contributed by atoms with van der Waals surface area (Å²) in [6.45, 7) is 4.10. The van der Waals surface area contributed by atoms with E-state index < -0.39 is 5.97 Å². The van der Waals surface area contributed by atoms with Gasteiger partial charge in [-0.05, 0) is 60.5 Å². The number of fused-ring (bicyclic) bond motifs is 1. The van der Waals surface area contributed by atoms with E-state index in [1.54, 1.807) is 24.3 Å². The fourth-order valence-corrected chi connectivity index (χ4v) is 4.24. The Morgan fingerprint density at radius 2 is 1.85 bits per heavy atom. The van der Waals surface area contributed by atoms with Gasteiger partial charge in [-0.15, -0.1) is 0 Å². The third-order valence-electron chi connectivity index (χ3n) is 5.71. The van der Waals surface area contributed by atoms with Gasteiger partial charge >= 0.3 is 5.97 Å². The minimum absolute atomic E-state index is 0.0333. The molecule has 0 unspecified atom stereocenters. The molecule has 0 atom stereocenters. The highest BCUT2D eigenvalue weighted by Gasteiger charge is 2.25. The van der Waals surface area contributed by atoms with E-state index in [1.165, 1.54) is 31.5 Å². The van der Waals surface area contributed by atoms with Crippen LogP contribution in [0.15, 0.2) is 54.6 Å². The summed E-state index contributed by atoms with van der Waals surface area (Å²) in [5, 5.41) is 18.0. The third kappa shape index (κ3) is 3.71. The van der Waals surface area contributed by atoms with Crippen molar-refractivity contribution in [2.45, 2.75) is 19.8 Å². The Morgan fingerprint density at radius 1 is 1.15 bits per heavy atom. The highest BCUT2D eigenvalue weighted by molar-refractivity contribution is 6.05. The summed E-state index contributed by atoms with van der Waals surface area (Å²) in [5.74, 6) is -0.926. The standard InChI is InChI=1S/C26H24FN3O3/c1-14(2)25-24(19-9-4-15(26(31)32)11-23(19)33-3)20-12-21(29)16(13-28)10-22(20)30(25)18-7-5-17(27)6-8-18/h4-14,28H,29H2,1-3H3,(H,31,32). The van der Waals surface area contributed by atoms with E-state index >= 15 is 0 Å². The van der Waals surface area contributed by atoms with Crippen LogP contribution in [0.4, 0.5) is 10.1 Å². The first-order chi connectivity index (χ1) is 15.8. The van der Waals surface area contributed by atoms with Crippen LogP contribution >= 0.6 is 0 Å². The Kier molecular flexibility index (Phi) is 5.64. The van der Waals surface area contributed by atoms with Crippen molar-refractivity contribution in [1.82, 2.24) is 4.57 Å². The number of carbonyl (C=O) groups is 1. The van der Waals surface area contributed by atoms with Crippen LogP contribution in [0.5, 0.6) is 5.75 Å². The number of hydrogen-bond acceptors (Lipinski definition) is 4. The van der Waals surface area contributed by atoms with Gasteiger partial charge in [0.2, 0.25) is 0 Å². The molecule has 0 amide bonds. The molecular weight excluding hydrogens is 421 g/mol. The molecule has 0 spiro atoms. The molecule has 0 radical (unpaired) electrons. The van der Waals surface area contributed by atoms with E-state index in [1.807, 2.05) is 16.7 Å². The summed E-state index contributed by atoms with van der Waals surface area (Å²) in [7, 11) is 1.50. The molecule has 0 aliphatic carbocycles. The number of carboxylic acid groups (broad SMARTS) is 1. The first-order valence-corrected chi connectivity index (χ1v) is 10.4. The molecule has 0 fully saturated rings. The molecule has 4 aromatic rings. The van der Waals surface area contributed by atoms with Crippen LogP contribution in [-0.4, -0.2) is 29.0 Å². The number of nitrogens with one attached hydrogen (secondary N) is 1. The third-order valence-corrected chi connectivity index (χ3v) is 5.71. The van der Waals surface area contributed by atoms with Gasteiger partial charge in [-0.3, -0.25) is 0 Å². The average Bonchev–Trinajstić information content (AvgIpc) is 3.12. The normalized spacial score (nSPS) is 11.2. The van der Waals surface area contributed by atoms with Gasteiger partial charge in [-0.2, -0.15) is 0 Å². The first-order valence-electron chi connectivity index (χ1n) is 10.4. The summed E-state index contributed by atoms with van der Waals surface area (Å²) in [5.41, 5.74) is 11.5. The molecule has 4 N–H and O–H groups in total. The number of carboxylic acids is 1. The highest BCUT2D eigenvalue weighted by atomic mass is 19.1. The second-order valence-electron chi connectivity index (χ2n) is 8.09. The number of aromatic carboxylic acids is 1. The second kappa shape index (κ2) is 8.43. The van der Waals surface area contributed by atoms with Crippen LogP contribution in [0, 0.1) is 11.2 Å².